The number of hydrogen-bond acceptors (Lipinski definition) is 5. The molecule has 0 aliphatic carbocycles. The Labute approximate surface area is 156 Å². The zero-order valence-corrected chi connectivity index (χ0v) is 15.9. The van der Waals surface area contributed by atoms with Crippen LogP contribution in [0.2, 0.25) is 0 Å². The fourth-order valence-electron chi connectivity index (χ4n) is 2.57. The molecule has 0 saturated heterocycles. The summed E-state index contributed by atoms with van der Waals surface area (Å²) in [6.07, 6.45) is 6.36. The number of hydrogen-bond donors (Lipinski definition) is 2. The van der Waals surface area contributed by atoms with Crippen molar-refractivity contribution in [3.8, 4) is 11.5 Å². The molecule has 0 saturated carbocycles. The first-order valence-corrected chi connectivity index (χ1v) is 9.56. The number of para-hydroxylation sites is 1. The predicted octanol–water partition coefficient (Wildman–Crippen LogP) is 5.64. The molecule has 1 aromatic carbocycles. The molecule has 6 nitrogen and oxygen atoms in total. The van der Waals surface area contributed by atoms with E-state index in [0.717, 1.165) is 51.4 Å². The number of phenolic OH excluding ortho intramolecular Hbond substituents is 1. The summed E-state index contributed by atoms with van der Waals surface area (Å²) in [6, 6.07) is 4.67. The molecule has 0 aliphatic rings. The smallest absolute Gasteiger partial charge is 0.504 e. The monoisotopic (exact) mass is 368 g/mol. The van der Waals surface area contributed by atoms with Crippen LogP contribution in [0.15, 0.2) is 18.2 Å². The van der Waals surface area contributed by atoms with Crippen molar-refractivity contribution in [3.05, 3.63) is 23.8 Å². The van der Waals surface area contributed by atoms with E-state index in [0.29, 0.717) is 18.8 Å². The summed E-state index contributed by atoms with van der Waals surface area (Å²) in [5, 5.41) is 19.1. The Hall–Kier alpha value is -1.79. The molecule has 148 valence electrons. The summed E-state index contributed by atoms with van der Waals surface area (Å²) < 4.78 is 16.3. The van der Waals surface area contributed by atoms with Gasteiger partial charge in [-0.05, 0) is 25.0 Å². The molecular formula is C20H32O6. The van der Waals surface area contributed by atoms with Crippen molar-refractivity contribution < 1.29 is 29.2 Å². The highest BCUT2D eigenvalue weighted by atomic mass is 16.7. The lowest BCUT2D eigenvalue weighted by Crippen LogP contribution is -2.12. The number of carbonyl (C=O) groups is 1. The first-order valence-electron chi connectivity index (χ1n) is 9.56. The Morgan fingerprint density at radius 2 is 1.54 bits per heavy atom. The number of carboxylic acid groups (broad SMARTS) is 1. The lowest BCUT2D eigenvalue weighted by atomic mass is 10.1. The number of rotatable bonds is 14. The zero-order chi connectivity index (χ0) is 19.2. The Morgan fingerprint density at radius 3 is 2.04 bits per heavy atom. The van der Waals surface area contributed by atoms with Gasteiger partial charge in [-0.2, -0.15) is 0 Å². The summed E-state index contributed by atoms with van der Waals surface area (Å²) in [5.41, 5.74) is 0.384. The molecular weight excluding hydrogens is 336 g/mol. The van der Waals surface area contributed by atoms with E-state index in [1.165, 1.54) is 6.07 Å². The fraction of sp³-hybridized carbons (Fsp3) is 0.650. The summed E-state index contributed by atoms with van der Waals surface area (Å²) in [7, 11) is 0. The average molecular weight is 368 g/mol. The first-order chi connectivity index (χ1) is 12.6. The van der Waals surface area contributed by atoms with Crippen LogP contribution in [-0.4, -0.2) is 29.6 Å². The largest absolute Gasteiger partial charge is 0.511 e. The molecule has 0 unspecified atom stereocenters. The van der Waals surface area contributed by atoms with Gasteiger partial charge in [0.1, 0.15) is 0 Å². The van der Waals surface area contributed by atoms with E-state index in [2.05, 4.69) is 18.6 Å². The normalized spacial score (nSPS) is 11.0. The summed E-state index contributed by atoms with van der Waals surface area (Å²) in [6.45, 7) is 5.33. The van der Waals surface area contributed by atoms with Gasteiger partial charge >= 0.3 is 6.16 Å². The first kappa shape index (κ1) is 22.3. The third kappa shape index (κ3) is 8.54. The molecule has 6 heteroatoms. The predicted molar refractivity (Wildman–Crippen MR) is 99.7 cm³/mol. The van der Waals surface area contributed by atoms with Crippen LogP contribution in [0.1, 0.15) is 77.1 Å². The molecule has 2 N–H and O–H groups in total. The minimum Gasteiger partial charge on any atom is -0.504 e. The third-order valence-electron chi connectivity index (χ3n) is 4.02. The second-order valence-electron chi connectivity index (χ2n) is 6.26. The van der Waals surface area contributed by atoms with Crippen molar-refractivity contribution in [2.24, 2.45) is 0 Å². The van der Waals surface area contributed by atoms with Gasteiger partial charge in [0.2, 0.25) is 0 Å². The maximum atomic E-state index is 10.8. The molecule has 0 radical (unpaired) electrons. The van der Waals surface area contributed by atoms with Gasteiger partial charge in [0.05, 0.1) is 18.8 Å². The summed E-state index contributed by atoms with van der Waals surface area (Å²) >= 11 is 0. The maximum absolute atomic E-state index is 10.8. The van der Waals surface area contributed by atoms with E-state index >= 15 is 0 Å². The van der Waals surface area contributed by atoms with E-state index < -0.39 is 12.4 Å². The van der Waals surface area contributed by atoms with Gasteiger partial charge in [0.25, 0.3) is 0 Å². The molecule has 0 aliphatic heterocycles. The minimum atomic E-state index is -1.48. The maximum Gasteiger partial charge on any atom is 0.511 e. The molecule has 0 atom stereocenters. The highest BCUT2D eigenvalue weighted by molar-refractivity contribution is 5.63. The zero-order valence-electron chi connectivity index (χ0n) is 15.9. The molecule has 26 heavy (non-hydrogen) atoms. The van der Waals surface area contributed by atoms with E-state index in [1.54, 1.807) is 12.1 Å². The van der Waals surface area contributed by atoms with Crippen molar-refractivity contribution >= 4 is 6.16 Å². The minimum absolute atomic E-state index is 0.121. The third-order valence-corrected chi connectivity index (χ3v) is 4.02. The van der Waals surface area contributed by atoms with E-state index in [1.807, 2.05) is 0 Å². The molecule has 0 heterocycles. The van der Waals surface area contributed by atoms with E-state index in [4.69, 9.17) is 14.6 Å². The summed E-state index contributed by atoms with van der Waals surface area (Å²) in [4.78, 5) is 10.8. The quantitative estimate of drug-likeness (QED) is 0.191. The van der Waals surface area contributed by atoms with Gasteiger partial charge in [-0.15, -0.1) is 0 Å². The van der Waals surface area contributed by atoms with E-state index in [9.17, 15) is 9.90 Å². The van der Waals surface area contributed by atoms with Crippen molar-refractivity contribution in [2.75, 3.05) is 13.2 Å². The average Bonchev–Trinajstić information content (AvgIpc) is 2.61. The molecule has 0 spiro atoms. The Balaban J connectivity index is 2.73. The van der Waals surface area contributed by atoms with Gasteiger partial charge in [-0.3, -0.25) is 0 Å². The van der Waals surface area contributed by atoms with Crippen LogP contribution in [0.3, 0.4) is 0 Å². The number of aromatic hydroxyl groups is 1. The van der Waals surface area contributed by atoms with Crippen molar-refractivity contribution in [3.63, 3.8) is 0 Å². The number of ether oxygens (including phenoxy) is 3. The van der Waals surface area contributed by atoms with Gasteiger partial charge in [0.15, 0.2) is 17.8 Å². The van der Waals surface area contributed by atoms with Gasteiger partial charge < -0.3 is 24.4 Å². The van der Waals surface area contributed by atoms with Crippen molar-refractivity contribution in [2.45, 2.75) is 71.5 Å². The second-order valence-corrected chi connectivity index (χ2v) is 6.26. The highest BCUT2D eigenvalue weighted by Crippen LogP contribution is 2.36. The molecule has 1 rings (SSSR count). The van der Waals surface area contributed by atoms with E-state index in [-0.39, 0.29) is 11.5 Å². The molecule has 0 amide bonds. The number of phenols is 1. The van der Waals surface area contributed by atoms with Crippen LogP contribution in [-0.2, 0) is 9.47 Å². The number of unbranched alkanes of at least 4 members (excludes halogenated alkanes) is 6. The van der Waals surface area contributed by atoms with Crippen LogP contribution >= 0.6 is 0 Å². The van der Waals surface area contributed by atoms with Crippen LogP contribution in [0.4, 0.5) is 4.79 Å². The van der Waals surface area contributed by atoms with Crippen LogP contribution in [0.25, 0.3) is 0 Å². The highest BCUT2D eigenvalue weighted by Gasteiger charge is 2.20. The summed E-state index contributed by atoms with van der Waals surface area (Å²) in [5.74, 6) is -0.383. The topological polar surface area (TPSA) is 85.2 Å². The lowest BCUT2D eigenvalue weighted by molar-refractivity contribution is -0.149. The number of benzene rings is 1. The standard InChI is InChI=1S/C20H32O6/c1-3-5-7-9-14-24-19(25-15-10-8-6-4-2)16-12-11-13-17(18(16)21)26-20(22)23/h11-13,19,21H,3-10,14-15H2,1-2H3,(H,22,23). The SMILES string of the molecule is CCCCCCOC(OCCCCCC)c1cccc(OC(=O)O)c1O. The van der Waals surface area contributed by atoms with Crippen LogP contribution < -0.4 is 4.74 Å². The Morgan fingerprint density at radius 1 is 0.962 bits per heavy atom. The Kier molecular flexibility index (Phi) is 11.5. The van der Waals surface area contributed by atoms with Gasteiger partial charge in [-0.25, -0.2) is 4.79 Å². The van der Waals surface area contributed by atoms with Crippen LogP contribution in [0, 0.1) is 0 Å². The molecule has 0 bridgehead atoms. The van der Waals surface area contributed by atoms with Crippen LogP contribution in [0.5, 0.6) is 11.5 Å². The van der Waals surface area contributed by atoms with Crippen molar-refractivity contribution in [1.82, 2.24) is 0 Å². The van der Waals surface area contributed by atoms with Gasteiger partial charge in [0, 0.05) is 0 Å². The van der Waals surface area contributed by atoms with Gasteiger partial charge in [-0.1, -0.05) is 58.4 Å². The fourth-order valence-corrected chi connectivity index (χ4v) is 2.57. The Bertz CT molecular complexity index is 503. The molecule has 0 aromatic heterocycles. The van der Waals surface area contributed by atoms with Crippen molar-refractivity contribution in [1.29, 1.82) is 0 Å². The molecule has 0 fully saturated rings. The molecule has 1 aromatic rings. The lowest BCUT2D eigenvalue weighted by Gasteiger charge is -2.21. The second kappa shape index (κ2) is 13.4.